The molecule has 1 aliphatic rings. The Balaban J connectivity index is 1.94. The summed E-state index contributed by atoms with van der Waals surface area (Å²) in [6.45, 7) is 4.43. The van der Waals surface area contributed by atoms with Crippen LogP contribution in [0.3, 0.4) is 0 Å². The van der Waals surface area contributed by atoms with Crippen molar-refractivity contribution in [1.82, 2.24) is 5.32 Å². The molecule has 0 bridgehead atoms. The van der Waals surface area contributed by atoms with Crippen LogP contribution in [-0.2, 0) is 0 Å². The van der Waals surface area contributed by atoms with Gasteiger partial charge in [-0.3, -0.25) is 0 Å². The zero-order chi connectivity index (χ0) is 11.4. The van der Waals surface area contributed by atoms with E-state index in [9.17, 15) is 0 Å². The van der Waals surface area contributed by atoms with Crippen molar-refractivity contribution in [3.8, 4) is 0 Å². The molecule has 2 heteroatoms. The fourth-order valence-electron chi connectivity index (χ4n) is 2.25. The van der Waals surface area contributed by atoms with Crippen molar-refractivity contribution in [3.63, 3.8) is 0 Å². The summed E-state index contributed by atoms with van der Waals surface area (Å²) in [6, 6.07) is 10.0. The summed E-state index contributed by atoms with van der Waals surface area (Å²) in [5.41, 5.74) is 2.77. The molecule has 0 unspecified atom stereocenters. The molecular weight excluding hydrogens is 214 g/mol. The molecule has 1 N–H and O–H groups in total. The van der Waals surface area contributed by atoms with Gasteiger partial charge in [0.1, 0.15) is 0 Å². The third-order valence-corrected chi connectivity index (χ3v) is 4.30. The lowest BCUT2D eigenvalue weighted by molar-refractivity contribution is 0.431. The predicted octanol–water partition coefficient (Wildman–Crippen LogP) is 3.54. The van der Waals surface area contributed by atoms with Gasteiger partial charge in [0, 0.05) is 12.1 Å². The van der Waals surface area contributed by atoms with Crippen molar-refractivity contribution in [3.05, 3.63) is 35.4 Å². The van der Waals surface area contributed by atoms with Gasteiger partial charge in [-0.05, 0) is 43.8 Å². The third kappa shape index (κ3) is 3.26. The van der Waals surface area contributed by atoms with E-state index in [-0.39, 0.29) is 0 Å². The molecule has 1 aliphatic heterocycles. The van der Waals surface area contributed by atoms with Crippen molar-refractivity contribution >= 4 is 11.8 Å². The molecule has 16 heavy (non-hydrogen) atoms. The van der Waals surface area contributed by atoms with Gasteiger partial charge >= 0.3 is 0 Å². The molecule has 1 aromatic rings. The van der Waals surface area contributed by atoms with Crippen LogP contribution < -0.4 is 5.32 Å². The lowest BCUT2D eigenvalue weighted by Crippen LogP contribution is -2.34. The minimum Gasteiger partial charge on any atom is -0.307 e. The largest absolute Gasteiger partial charge is 0.307 e. The summed E-state index contributed by atoms with van der Waals surface area (Å²) in [6.07, 6.45) is 2.64. The van der Waals surface area contributed by atoms with Gasteiger partial charge in [0.2, 0.25) is 0 Å². The smallest absolute Gasteiger partial charge is 0.0294 e. The van der Waals surface area contributed by atoms with Gasteiger partial charge < -0.3 is 5.32 Å². The van der Waals surface area contributed by atoms with Crippen LogP contribution in [-0.4, -0.2) is 17.5 Å². The molecule has 0 radical (unpaired) electrons. The maximum Gasteiger partial charge on any atom is 0.0294 e. The molecule has 1 atom stereocenters. The van der Waals surface area contributed by atoms with Crippen molar-refractivity contribution in [2.45, 2.75) is 38.8 Å². The van der Waals surface area contributed by atoms with Crippen molar-refractivity contribution in [2.24, 2.45) is 0 Å². The Morgan fingerprint density at radius 1 is 1.31 bits per heavy atom. The second-order valence-electron chi connectivity index (χ2n) is 4.69. The summed E-state index contributed by atoms with van der Waals surface area (Å²) < 4.78 is 0. The van der Waals surface area contributed by atoms with Gasteiger partial charge in [-0.2, -0.15) is 11.8 Å². The SMILES string of the molecule is Cc1cccc([C@H](C)NC2CCSCC2)c1. The number of nitrogens with one attached hydrogen (secondary N) is 1. The quantitative estimate of drug-likeness (QED) is 0.860. The Hall–Kier alpha value is -0.470. The van der Waals surface area contributed by atoms with Crippen LogP contribution in [0.5, 0.6) is 0 Å². The minimum atomic E-state index is 0.480. The van der Waals surface area contributed by atoms with E-state index >= 15 is 0 Å². The Bertz CT molecular complexity index is 331. The van der Waals surface area contributed by atoms with E-state index in [4.69, 9.17) is 0 Å². The van der Waals surface area contributed by atoms with Crippen molar-refractivity contribution in [2.75, 3.05) is 11.5 Å². The molecule has 0 saturated carbocycles. The highest BCUT2D eigenvalue weighted by atomic mass is 32.2. The van der Waals surface area contributed by atoms with Gasteiger partial charge in [0.25, 0.3) is 0 Å². The van der Waals surface area contributed by atoms with Crippen LogP contribution in [0.15, 0.2) is 24.3 Å². The van der Waals surface area contributed by atoms with Crippen LogP contribution in [0.4, 0.5) is 0 Å². The second kappa shape index (κ2) is 5.74. The van der Waals surface area contributed by atoms with Gasteiger partial charge in [0.15, 0.2) is 0 Å². The number of hydrogen-bond donors (Lipinski definition) is 1. The van der Waals surface area contributed by atoms with Gasteiger partial charge in [0.05, 0.1) is 0 Å². The van der Waals surface area contributed by atoms with Crippen LogP contribution in [0.1, 0.15) is 36.9 Å². The zero-order valence-electron chi connectivity index (χ0n) is 10.2. The Kier molecular flexibility index (Phi) is 4.30. The molecule has 1 aromatic carbocycles. The molecule has 0 aromatic heterocycles. The molecule has 2 rings (SSSR count). The maximum atomic E-state index is 3.75. The second-order valence-corrected chi connectivity index (χ2v) is 5.91. The summed E-state index contributed by atoms with van der Waals surface area (Å²) in [5.74, 6) is 2.64. The van der Waals surface area contributed by atoms with E-state index in [1.165, 1.54) is 35.5 Å². The summed E-state index contributed by atoms with van der Waals surface area (Å²) in [5, 5.41) is 3.75. The first-order chi connectivity index (χ1) is 7.75. The summed E-state index contributed by atoms with van der Waals surface area (Å²) >= 11 is 2.08. The summed E-state index contributed by atoms with van der Waals surface area (Å²) in [4.78, 5) is 0. The number of benzene rings is 1. The average molecular weight is 235 g/mol. The molecular formula is C14H21NS. The van der Waals surface area contributed by atoms with E-state index in [0.29, 0.717) is 6.04 Å². The molecule has 88 valence electrons. The van der Waals surface area contributed by atoms with E-state index < -0.39 is 0 Å². The van der Waals surface area contributed by atoms with Gasteiger partial charge in [-0.1, -0.05) is 29.8 Å². The standard InChI is InChI=1S/C14H21NS/c1-11-4-3-5-13(10-11)12(2)15-14-6-8-16-9-7-14/h3-5,10,12,14-15H,6-9H2,1-2H3/t12-/m0/s1. The van der Waals surface area contributed by atoms with Gasteiger partial charge in [-0.15, -0.1) is 0 Å². The van der Waals surface area contributed by atoms with Crippen LogP contribution in [0, 0.1) is 6.92 Å². The van der Waals surface area contributed by atoms with E-state index in [0.717, 1.165) is 6.04 Å². The number of hydrogen-bond acceptors (Lipinski definition) is 2. The molecule has 1 saturated heterocycles. The molecule has 1 heterocycles. The molecule has 1 fully saturated rings. The monoisotopic (exact) mass is 235 g/mol. The van der Waals surface area contributed by atoms with Crippen molar-refractivity contribution < 1.29 is 0 Å². The minimum absolute atomic E-state index is 0.480. The first-order valence-electron chi connectivity index (χ1n) is 6.16. The predicted molar refractivity (Wildman–Crippen MR) is 73.1 cm³/mol. The molecule has 0 spiro atoms. The third-order valence-electron chi connectivity index (χ3n) is 3.25. The first-order valence-corrected chi connectivity index (χ1v) is 7.31. The fraction of sp³-hybridized carbons (Fsp3) is 0.571. The Morgan fingerprint density at radius 3 is 2.75 bits per heavy atom. The number of thioether (sulfide) groups is 1. The summed E-state index contributed by atoms with van der Waals surface area (Å²) in [7, 11) is 0. The maximum absolute atomic E-state index is 3.75. The van der Waals surface area contributed by atoms with Crippen LogP contribution in [0.25, 0.3) is 0 Å². The van der Waals surface area contributed by atoms with E-state index in [2.05, 4.69) is 55.2 Å². The lowest BCUT2D eigenvalue weighted by atomic mass is 10.0. The normalized spacial score (nSPS) is 19.6. The number of aryl methyl sites for hydroxylation is 1. The number of rotatable bonds is 3. The highest BCUT2D eigenvalue weighted by molar-refractivity contribution is 7.99. The Morgan fingerprint density at radius 2 is 2.06 bits per heavy atom. The highest BCUT2D eigenvalue weighted by Crippen LogP contribution is 2.21. The average Bonchev–Trinajstić information content (AvgIpc) is 2.30. The lowest BCUT2D eigenvalue weighted by Gasteiger charge is -2.26. The van der Waals surface area contributed by atoms with E-state index in [1.807, 2.05) is 0 Å². The van der Waals surface area contributed by atoms with Crippen molar-refractivity contribution in [1.29, 1.82) is 0 Å². The molecule has 1 nitrogen and oxygen atoms in total. The topological polar surface area (TPSA) is 12.0 Å². The molecule has 0 aliphatic carbocycles. The molecule has 0 amide bonds. The van der Waals surface area contributed by atoms with E-state index in [1.54, 1.807) is 0 Å². The zero-order valence-corrected chi connectivity index (χ0v) is 11.0. The van der Waals surface area contributed by atoms with Crippen LogP contribution in [0.2, 0.25) is 0 Å². The Labute approximate surface area is 103 Å². The highest BCUT2D eigenvalue weighted by Gasteiger charge is 2.16. The fourth-order valence-corrected chi connectivity index (χ4v) is 3.36. The van der Waals surface area contributed by atoms with Crippen LogP contribution >= 0.6 is 11.8 Å². The first kappa shape index (κ1) is 12.0. The van der Waals surface area contributed by atoms with Gasteiger partial charge in [-0.25, -0.2) is 0 Å².